The van der Waals surface area contributed by atoms with Gasteiger partial charge in [0, 0.05) is 47.8 Å². The molecule has 0 radical (unpaired) electrons. The van der Waals surface area contributed by atoms with E-state index in [1.54, 1.807) is 0 Å². The Morgan fingerprint density at radius 1 is 1.28 bits per heavy atom. The Labute approximate surface area is 151 Å². The van der Waals surface area contributed by atoms with Crippen molar-refractivity contribution in [3.8, 4) is 0 Å². The third-order valence-corrected chi connectivity index (χ3v) is 5.84. The molecule has 1 aromatic carbocycles. The van der Waals surface area contributed by atoms with E-state index in [1.165, 1.54) is 41.4 Å². The number of nitrogens with zero attached hydrogens (tertiary/aromatic N) is 2. The van der Waals surface area contributed by atoms with E-state index in [-0.39, 0.29) is 5.91 Å². The fraction of sp³-hybridized carbons (Fsp3) is 0.571. The normalized spacial score (nSPS) is 18.6. The number of aryl methyl sites for hydroxylation is 2. The Morgan fingerprint density at radius 2 is 2.08 bits per heavy atom. The maximum Gasteiger partial charge on any atom is 0.251 e. The van der Waals surface area contributed by atoms with E-state index in [1.807, 2.05) is 12.1 Å². The second-order valence-corrected chi connectivity index (χ2v) is 7.32. The summed E-state index contributed by atoms with van der Waals surface area (Å²) >= 11 is 0. The minimum absolute atomic E-state index is 0.0351. The zero-order chi connectivity index (χ0) is 18.0. The Bertz CT molecular complexity index is 762. The molecule has 1 aliphatic rings. The summed E-state index contributed by atoms with van der Waals surface area (Å²) in [7, 11) is 0. The van der Waals surface area contributed by atoms with Gasteiger partial charge in [0.15, 0.2) is 0 Å². The molecule has 1 aliphatic heterocycles. The summed E-state index contributed by atoms with van der Waals surface area (Å²) in [5.41, 5.74) is 4.54. The number of rotatable bonds is 5. The van der Waals surface area contributed by atoms with Crippen LogP contribution < -0.4 is 5.32 Å². The maximum absolute atomic E-state index is 12.5. The van der Waals surface area contributed by atoms with E-state index < -0.39 is 0 Å². The summed E-state index contributed by atoms with van der Waals surface area (Å²) in [5.74, 6) is 0.0351. The number of carbonyl (C=O) groups excluding carboxylic acids is 1. The summed E-state index contributed by atoms with van der Waals surface area (Å²) < 4.78 is 2.31. The SMILES string of the molecule is CCn1c(C)c(C)c2cc(C(=O)NCCN3CCCCC3C)ccc21. The number of hydrogen-bond acceptors (Lipinski definition) is 2. The van der Waals surface area contributed by atoms with Crippen LogP contribution in [0.1, 0.15) is 54.7 Å². The first kappa shape index (κ1) is 18.0. The summed E-state index contributed by atoms with van der Waals surface area (Å²) in [6.07, 6.45) is 3.89. The molecule has 1 atom stereocenters. The molecule has 3 rings (SSSR count). The van der Waals surface area contributed by atoms with Crippen LogP contribution in [0.2, 0.25) is 0 Å². The predicted molar refractivity (Wildman–Crippen MR) is 104 cm³/mol. The van der Waals surface area contributed by atoms with Crippen LogP contribution in [0.5, 0.6) is 0 Å². The third-order valence-electron chi connectivity index (χ3n) is 5.84. The number of fused-ring (bicyclic) bond motifs is 1. The second-order valence-electron chi connectivity index (χ2n) is 7.32. The Balaban J connectivity index is 1.67. The zero-order valence-electron chi connectivity index (χ0n) is 16.1. The molecule has 2 heterocycles. The smallest absolute Gasteiger partial charge is 0.251 e. The summed E-state index contributed by atoms with van der Waals surface area (Å²) in [5, 5.41) is 4.29. The van der Waals surface area contributed by atoms with E-state index in [4.69, 9.17) is 0 Å². The van der Waals surface area contributed by atoms with Gasteiger partial charge >= 0.3 is 0 Å². The molecule has 0 bridgehead atoms. The highest BCUT2D eigenvalue weighted by molar-refractivity contribution is 5.99. The van der Waals surface area contributed by atoms with Gasteiger partial charge in [-0.2, -0.15) is 0 Å². The van der Waals surface area contributed by atoms with Gasteiger partial charge in [0.25, 0.3) is 5.91 Å². The molecule has 136 valence electrons. The largest absolute Gasteiger partial charge is 0.351 e. The van der Waals surface area contributed by atoms with E-state index in [2.05, 4.69) is 48.5 Å². The van der Waals surface area contributed by atoms with Crippen LogP contribution >= 0.6 is 0 Å². The van der Waals surface area contributed by atoms with Gasteiger partial charge in [0.1, 0.15) is 0 Å². The van der Waals surface area contributed by atoms with Crippen molar-refractivity contribution in [3.05, 3.63) is 35.0 Å². The number of carbonyl (C=O) groups is 1. The molecule has 1 aromatic heterocycles. The predicted octanol–water partition coefficient (Wildman–Crippen LogP) is 3.88. The molecular formula is C21H31N3O. The molecule has 0 spiro atoms. The first-order valence-electron chi connectivity index (χ1n) is 9.64. The number of amides is 1. The molecule has 25 heavy (non-hydrogen) atoms. The number of nitrogens with one attached hydrogen (secondary N) is 1. The lowest BCUT2D eigenvalue weighted by Gasteiger charge is -2.33. The fourth-order valence-corrected chi connectivity index (χ4v) is 4.10. The van der Waals surface area contributed by atoms with E-state index in [9.17, 15) is 4.79 Å². The van der Waals surface area contributed by atoms with Crippen LogP contribution in [-0.2, 0) is 6.54 Å². The summed E-state index contributed by atoms with van der Waals surface area (Å²) in [4.78, 5) is 15.0. The van der Waals surface area contributed by atoms with Crippen LogP contribution in [0.25, 0.3) is 10.9 Å². The average Bonchev–Trinajstić information content (AvgIpc) is 2.86. The summed E-state index contributed by atoms with van der Waals surface area (Å²) in [6.45, 7) is 12.5. The number of hydrogen-bond donors (Lipinski definition) is 1. The molecular weight excluding hydrogens is 310 g/mol. The molecule has 0 saturated carbocycles. The summed E-state index contributed by atoms with van der Waals surface area (Å²) in [6, 6.07) is 6.72. The highest BCUT2D eigenvalue weighted by atomic mass is 16.1. The molecule has 1 saturated heterocycles. The van der Waals surface area contributed by atoms with Crippen molar-refractivity contribution in [1.82, 2.24) is 14.8 Å². The number of likely N-dealkylation sites (tertiary alicyclic amines) is 1. The molecule has 4 nitrogen and oxygen atoms in total. The molecule has 1 fully saturated rings. The van der Waals surface area contributed by atoms with Crippen molar-refractivity contribution in [2.75, 3.05) is 19.6 Å². The Hall–Kier alpha value is -1.81. The molecule has 1 N–H and O–H groups in total. The minimum Gasteiger partial charge on any atom is -0.351 e. The minimum atomic E-state index is 0.0351. The van der Waals surface area contributed by atoms with Crippen LogP contribution in [0.15, 0.2) is 18.2 Å². The van der Waals surface area contributed by atoms with E-state index in [0.717, 1.165) is 31.7 Å². The van der Waals surface area contributed by atoms with Crippen molar-refractivity contribution in [2.24, 2.45) is 0 Å². The molecule has 0 aliphatic carbocycles. The highest BCUT2D eigenvalue weighted by Crippen LogP contribution is 2.26. The van der Waals surface area contributed by atoms with Crippen molar-refractivity contribution < 1.29 is 4.79 Å². The van der Waals surface area contributed by atoms with E-state index >= 15 is 0 Å². The van der Waals surface area contributed by atoms with Gasteiger partial charge in [-0.15, -0.1) is 0 Å². The Morgan fingerprint density at radius 3 is 2.80 bits per heavy atom. The lowest BCUT2D eigenvalue weighted by atomic mass is 10.0. The van der Waals surface area contributed by atoms with E-state index in [0.29, 0.717) is 6.04 Å². The van der Waals surface area contributed by atoms with Crippen molar-refractivity contribution >= 4 is 16.8 Å². The number of benzene rings is 1. The van der Waals surface area contributed by atoms with Gasteiger partial charge in [-0.05, 0) is 70.8 Å². The lowest BCUT2D eigenvalue weighted by Crippen LogP contribution is -2.42. The van der Waals surface area contributed by atoms with Gasteiger partial charge in [-0.3, -0.25) is 9.69 Å². The molecule has 2 aromatic rings. The standard InChI is InChI=1S/C21H31N3O/c1-5-24-17(4)16(3)19-14-18(9-10-20(19)24)21(25)22-11-13-23-12-7-6-8-15(23)2/h9-10,14-15H,5-8,11-13H2,1-4H3,(H,22,25). The monoisotopic (exact) mass is 341 g/mol. The van der Waals surface area contributed by atoms with Gasteiger partial charge in [0.2, 0.25) is 0 Å². The Kier molecular flexibility index (Phi) is 5.48. The first-order valence-corrected chi connectivity index (χ1v) is 9.64. The molecule has 1 unspecified atom stereocenters. The van der Waals surface area contributed by atoms with Crippen LogP contribution in [0, 0.1) is 13.8 Å². The van der Waals surface area contributed by atoms with Crippen molar-refractivity contribution in [2.45, 2.75) is 59.5 Å². The van der Waals surface area contributed by atoms with Gasteiger partial charge in [-0.25, -0.2) is 0 Å². The highest BCUT2D eigenvalue weighted by Gasteiger charge is 2.18. The maximum atomic E-state index is 12.5. The fourth-order valence-electron chi connectivity index (χ4n) is 4.10. The van der Waals surface area contributed by atoms with Crippen LogP contribution in [0.4, 0.5) is 0 Å². The number of piperidine rings is 1. The number of aromatic nitrogens is 1. The van der Waals surface area contributed by atoms with Crippen molar-refractivity contribution in [1.29, 1.82) is 0 Å². The molecule has 4 heteroatoms. The van der Waals surface area contributed by atoms with Crippen molar-refractivity contribution in [3.63, 3.8) is 0 Å². The molecule has 1 amide bonds. The average molecular weight is 341 g/mol. The first-order chi connectivity index (χ1) is 12.0. The van der Waals surface area contributed by atoms with Crippen LogP contribution in [0.3, 0.4) is 0 Å². The zero-order valence-corrected chi connectivity index (χ0v) is 16.1. The van der Waals surface area contributed by atoms with Crippen LogP contribution in [-0.4, -0.2) is 41.1 Å². The van der Waals surface area contributed by atoms with Gasteiger partial charge in [-0.1, -0.05) is 6.42 Å². The lowest BCUT2D eigenvalue weighted by molar-refractivity contribution is 0.0938. The van der Waals surface area contributed by atoms with Gasteiger partial charge in [0.05, 0.1) is 0 Å². The second kappa shape index (κ2) is 7.61. The van der Waals surface area contributed by atoms with Gasteiger partial charge < -0.3 is 9.88 Å². The quantitative estimate of drug-likeness (QED) is 0.896. The third kappa shape index (κ3) is 3.59. The topological polar surface area (TPSA) is 37.3 Å².